The highest BCUT2D eigenvalue weighted by molar-refractivity contribution is 8.00. The van der Waals surface area contributed by atoms with Gasteiger partial charge in [-0.3, -0.25) is 4.79 Å². The molecule has 0 saturated carbocycles. The lowest BCUT2D eigenvalue weighted by atomic mass is 10.1. The van der Waals surface area contributed by atoms with Crippen LogP contribution in [-0.2, 0) is 11.8 Å². The minimum Gasteiger partial charge on any atom is -0.372 e. The molecule has 1 saturated heterocycles. The van der Waals surface area contributed by atoms with Crippen molar-refractivity contribution in [3.8, 4) is 11.4 Å². The molecule has 0 radical (unpaired) electrons. The van der Waals surface area contributed by atoms with Gasteiger partial charge >= 0.3 is 0 Å². The van der Waals surface area contributed by atoms with Crippen LogP contribution in [0.2, 0.25) is 5.02 Å². The van der Waals surface area contributed by atoms with E-state index in [1.165, 1.54) is 36.7 Å². The fourth-order valence-corrected chi connectivity index (χ4v) is 4.69. The molecular formula is C23H26ClN5OS. The third kappa shape index (κ3) is 5.05. The van der Waals surface area contributed by atoms with Gasteiger partial charge in [0.1, 0.15) is 0 Å². The molecule has 31 heavy (non-hydrogen) atoms. The molecule has 1 aliphatic rings. The van der Waals surface area contributed by atoms with Crippen LogP contribution in [0, 0.1) is 0 Å². The molecule has 4 rings (SSSR count). The summed E-state index contributed by atoms with van der Waals surface area (Å²) < 4.78 is 1.86. The number of amides is 1. The van der Waals surface area contributed by atoms with Crippen LogP contribution in [0.25, 0.3) is 11.4 Å². The zero-order valence-corrected chi connectivity index (χ0v) is 19.3. The Bertz CT molecular complexity index is 1050. The van der Waals surface area contributed by atoms with E-state index in [0.29, 0.717) is 16.0 Å². The molecule has 1 aromatic heterocycles. The SMILES string of the molecule is CC(Sc1nnc(-c2ccccc2Cl)n1C)C(=O)Nc1ccc(N2CCCCC2)cc1. The number of aromatic nitrogens is 3. The lowest BCUT2D eigenvalue weighted by Gasteiger charge is -2.28. The third-order valence-electron chi connectivity index (χ3n) is 5.46. The number of nitrogens with zero attached hydrogens (tertiary/aromatic N) is 4. The standard InChI is InChI=1S/C23H26ClN5OS/c1-16(31-23-27-26-21(28(23)2)19-8-4-5-9-20(19)24)22(30)25-17-10-12-18(13-11-17)29-14-6-3-7-15-29/h4-5,8-13,16H,3,6-7,14-15H2,1-2H3,(H,25,30). The summed E-state index contributed by atoms with van der Waals surface area (Å²) >= 11 is 7.66. The van der Waals surface area contributed by atoms with E-state index in [2.05, 4.69) is 32.5 Å². The van der Waals surface area contributed by atoms with E-state index in [4.69, 9.17) is 11.6 Å². The topological polar surface area (TPSA) is 63.1 Å². The number of anilines is 2. The number of halogens is 1. The van der Waals surface area contributed by atoms with E-state index >= 15 is 0 Å². The molecule has 6 nitrogen and oxygen atoms in total. The number of benzene rings is 2. The number of piperidine rings is 1. The molecule has 2 aromatic carbocycles. The maximum atomic E-state index is 12.7. The van der Waals surface area contributed by atoms with E-state index in [1.54, 1.807) is 0 Å². The molecule has 1 amide bonds. The van der Waals surface area contributed by atoms with Crippen molar-refractivity contribution in [2.75, 3.05) is 23.3 Å². The van der Waals surface area contributed by atoms with Gasteiger partial charge in [0, 0.05) is 37.1 Å². The van der Waals surface area contributed by atoms with Gasteiger partial charge in [0.05, 0.1) is 10.3 Å². The lowest BCUT2D eigenvalue weighted by molar-refractivity contribution is -0.115. The van der Waals surface area contributed by atoms with Crippen molar-refractivity contribution >= 4 is 40.6 Å². The van der Waals surface area contributed by atoms with Crippen LogP contribution < -0.4 is 10.2 Å². The van der Waals surface area contributed by atoms with Crippen LogP contribution in [0.1, 0.15) is 26.2 Å². The Labute approximate surface area is 192 Å². The number of hydrogen-bond donors (Lipinski definition) is 1. The van der Waals surface area contributed by atoms with Crippen LogP contribution in [0.5, 0.6) is 0 Å². The molecule has 1 N–H and O–H groups in total. The van der Waals surface area contributed by atoms with E-state index in [0.717, 1.165) is 24.3 Å². The van der Waals surface area contributed by atoms with Crippen molar-refractivity contribution < 1.29 is 4.79 Å². The minimum atomic E-state index is -0.330. The first-order valence-electron chi connectivity index (χ1n) is 10.5. The van der Waals surface area contributed by atoms with Gasteiger partial charge in [-0.25, -0.2) is 0 Å². The van der Waals surface area contributed by atoms with Crippen LogP contribution in [-0.4, -0.2) is 39.0 Å². The first-order valence-corrected chi connectivity index (χ1v) is 11.8. The van der Waals surface area contributed by atoms with E-state index in [1.807, 2.05) is 54.9 Å². The van der Waals surface area contributed by atoms with Crippen molar-refractivity contribution in [3.05, 3.63) is 53.6 Å². The first-order chi connectivity index (χ1) is 15.0. The average molecular weight is 456 g/mol. The Morgan fingerprint density at radius 1 is 1.06 bits per heavy atom. The Hall–Kier alpha value is -2.51. The predicted molar refractivity (Wildman–Crippen MR) is 128 cm³/mol. The lowest BCUT2D eigenvalue weighted by Crippen LogP contribution is -2.29. The molecule has 0 spiro atoms. The smallest absolute Gasteiger partial charge is 0.237 e. The highest BCUT2D eigenvalue weighted by Gasteiger charge is 2.20. The van der Waals surface area contributed by atoms with Crippen LogP contribution in [0.4, 0.5) is 11.4 Å². The molecule has 1 aliphatic heterocycles. The summed E-state index contributed by atoms with van der Waals surface area (Å²) in [5.41, 5.74) is 2.83. The normalized spacial score (nSPS) is 15.0. The van der Waals surface area contributed by atoms with Gasteiger partial charge in [0.2, 0.25) is 5.91 Å². The summed E-state index contributed by atoms with van der Waals surface area (Å²) in [5, 5.41) is 12.5. The minimum absolute atomic E-state index is 0.0713. The van der Waals surface area contributed by atoms with Gasteiger partial charge in [-0.05, 0) is 62.6 Å². The summed E-state index contributed by atoms with van der Waals surface area (Å²) in [6.45, 7) is 4.08. The number of hydrogen-bond acceptors (Lipinski definition) is 5. The molecule has 8 heteroatoms. The van der Waals surface area contributed by atoms with Crippen molar-refractivity contribution in [2.45, 2.75) is 36.6 Å². The second-order valence-electron chi connectivity index (χ2n) is 7.69. The van der Waals surface area contributed by atoms with Crippen molar-refractivity contribution in [1.29, 1.82) is 0 Å². The van der Waals surface area contributed by atoms with Crippen LogP contribution >= 0.6 is 23.4 Å². The van der Waals surface area contributed by atoms with Crippen molar-refractivity contribution in [2.24, 2.45) is 7.05 Å². The Kier molecular flexibility index (Phi) is 6.83. The van der Waals surface area contributed by atoms with Crippen LogP contribution in [0.3, 0.4) is 0 Å². The summed E-state index contributed by atoms with van der Waals surface area (Å²) in [6.07, 6.45) is 3.80. The van der Waals surface area contributed by atoms with Gasteiger partial charge < -0.3 is 14.8 Å². The molecule has 1 fully saturated rings. The largest absolute Gasteiger partial charge is 0.372 e. The fraction of sp³-hybridized carbons (Fsp3) is 0.348. The van der Waals surface area contributed by atoms with E-state index in [-0.39, 0.29) is 11.2 Å². The number of nitrogens with one attached hydrogen (secondary N) is 1. The van der Waals surface area contributed by atoms with Gasteiger partial charge in [-0.1, -0.05) is 35.5 Å². The zero-order chi connectivity index (χ0) is 21.8. The molecule has 162 valence electrons. The summed E-state index contributed by atoms with van der Waals surface area (Å²) in [5.74, 6) is 0.604. The Balaban J connectivity index is 1.38. The molecule has 1 atom stereocenters. The third-order valence-corrected chi connectivity index (χ3v) is 6.92. The molecule has 3 aromatic rings. The van der Waals surface area contributed by atoms with Gasteiger partial charge in [0.15, 0.2) is 11.0 Å². The molecule has 0 aliphatic carbocycles. The second kappa shape index (κ2) is 9.75. The quantitative estimate of drug-likeness (QED) is 0.514. The highest BCUT2D eigenvalue weighted by Crippen LogP contribution is 2.30. The zero-order valence-electron chi connectivity index (χ0n) is 17.7. The molecule has 1 unspecified atom stereocenters. The monoisotopic (exact) mass is 455 g/mol. The Morgan fingerprint density at radius 3 is 2.48 bits per heavy atom. The maximum Gasteiger partial charge on any atom is 0.237 e. The maximum absolute atomic E-state index is 12.7. The summed E-state index contributed by atoms with van der Waals surface area (Å²) in [6, 6.07) is 15.6. The van der Waals surface area contributed by atoms with Gasteiger partial charge in [0.25, 0.3) is 0 Å². The average Bonchev–Trinajstić information content (AvgIpc) is 3.15. The second-order valence-corrected chi connectivity index (χ2v) is 9.40. The highest BCUT2D eigenvalue weighted by atomic mass is 35.5. The Morgan fingerprint density at radius 2 is 1.77 bits per heavy atom. The number of carbonyl (C=O) groups excluding carboxylic acids is 1. The summed E-state index contributed by atoms with van der Waals surface area (Å²) in [4.78, 5) is 15.1. The van der Waals surface area contributed by atoms with Crippen molar-refractivity contribution in [1.82, 2.24) is 14.8 Å². The fourth-order valence-electron chi connectivity index (χ4n) is 3.66. The molecule has 0 bridgehead atoms. The summed E-state index contributed by atoms with van der Waals surface area (Å²) in [7, 11) is 1.88. The van der Waals surface area contributed by atoms with Crippen LogP contribution in [0.15, 0.2) is 53.7 Å². The number of thioether (sulfide) groups is 1. The van der Waals surface area contributed by atoms with Gasteiger partial charge in [-0.15, -0.1) is 10.2 Å². The van der Waals surface area contributed by atoms with Gasteiger partial charge in [-0.2, -0.15) is 0 Å². The van der Waals surface area contributed by atoms with E-state index < -0.39 is 0 Å². The number of carbonyl (C=O) groups is 1. The molecular weight excluding hydrogens is 430 g/mol. The van der Waals surface area contributed by atoms with Crippen molar-refractivity contribution in [3.63, 3.8) is 0 Å². The first kappa shape index (κ1) is 21.7. The molecule has 2 heterocycles. The van der Waals surface area contributed by atoms with E-state index in [9.17, 15) is 4.79 Å². The predicted octanol–water partition coefficient (Wildman–Crippen LogP) is 5.25. The number of rotatable bonds is 6.